The summed E-state index contributed by atoms with van der Waals surface area (Å²) in [5, 5.41) is 8.41. The van der Waals surface area contributed by atoms with E-state index < -0.39 is 5.41 Å². The monoisotopic (exact) mass is 350 g/mol. The van der Waals surface area contributed by atoms with E-state index in [1.807, 2.05) is 36.4 Å². The minimum Gasteiger partial charge on any atom is -0.353 e. The molecule has 2 N–H and O–H groups in total. The zero-order chi connectivity index (χ0) is 18.0. The first kappa shape index (κ1) is 17.1. The molecule has 4 heteroatoms. The molecule has 0 saturated heterocycles. The lowest BCUT2D eigenvalue weighted by atomic mass is 9.70. The van der Waals surface area contributed by atoms with Crippen molar-refractivity contribution >= 4 is 28.3 Å². The molecule has 2 amide bonds. The molecule has 2 fully saturated rings. The number of fused-ring (bicyclic) bond motifs is 1. The molecule has 2 aromatic rings. The lowest BCUT2D eigenvalue weighted by molar-refractivity contribution is -0.134. The molecule has 0 atom stereocenters. The second kappa shape index (κ2) is 7.10. The largest absolute Gasteiger partial charge is 0.353 e. The van der Waals surface area contributed by atoms with Gasteiger partial charge in [-0.1, -0.05) is 49.6 Å². The van der Waals surface area contributed by atoms with Gasteiger partial charge in [0.1, 0.15) is 0 Å². The molecule has 2 aliphatic rings. The van der Waals surface area contributed by atoms with E-state index in [0.29, 0.717) is 12.5 Å². The number of hydrogen-bond acceptors (Lipinski definition) is 2. The van der Waals surface area contributed by atoms with Gasteiger partial charge in [0.25, 0.3) is 0 Å². The molecule has 0 bridgehead atoms. The highest BCUT2D eigenvalue weighted by Crippen LogP contribution is 2.41. The smallest absolute Gasteiger partial charge is 0.231 e. The van der Waals surface area contributed by atoms with Crippen molar-refractivity contribution in [3.8, 4) is 0 Å². The van der Waals surface area contributed by atoms with Crippen LogP contribution in [0.3, 0.4) is 0 Å². The van der Waals surface area contributed by atoms with E-state index in [4.69, 9.17) is 0 Å². The summed E-state index contributed by atoms with van der Waals surface area (Å²) in [4.78, 5) is 25.6. The molecule has 0 radical (unpaired) electrons. The fourth-order valence-electron chi connectivity index (χ4n) is 4.06. The molecule has 2 aromatic carbocycles. The van der Waals surface area contributed by atoms with Gasteiger partial charge in [-0.3, -0.25) is 9.59 Å². The first-order valence-electron chi connectivity index (χ1n) is 9.74. The summed E-state index contributed by atoms with van der Waals surface area (Å²) in [5.74, 6) is 0.0292. The van der Waals surface area contributed by atoms with Gasteiger partial charge in [-0.05, 0) is 48.6 Å². The van der Waals surface area contributed by atoms with Gasteiger partial charge in [0.15, 0.2) is 0 Å². The van der Waals surface area contributed by atoms with Crippen molar-refractivity contribution in [1.82, 2.24) is 5.32 Å². The Morgan fingerprint density at radius 2 is 1.69 bits per heavy atom. The van der Waals surface area contributed by atoms with E-state index >= 15 is 0 Å². The second-order valence-corrected chi connectivity index (χ2v) is 7.88. The van der Waals surface area contributed by atoms with Gasteiger partial charge in [-0.15, -0.1) is 0 Å². The summed E-state index contributed by atoms with van der Waals surface area (Å²) in [7, 11) is 0. The van der Waals surface area contributed by atoms with Crippen LogP contribution in [0.25, 0.3) is 10.8 Å². The van der Waals surface area contributed by atoms with Crippen molar-refractivity contribution in [2.75, 3.05) is 5.32 Å². The van der Waals surface area contributed by atoms with Crippen LogP contribution in [-0.4, -0.2) is 17.9 Å². The van der Waals surface area contributed by atoms with Gasteiger partial charge >= 0.3 is 0 Å². The number of benzene rings is 2. The maximum Gasteiger partial charge on any atom is 0.231 e. The van der Waals surface area contributed by atoms with Crippen molar-refractivity contribution in [3.05, 3.63) is 42.5 Å². The molecule has 2 saturated carbocycles. The molecule has 136 valence electrons. The van der Waals surface area contributed by atoms with E-state index in [1.54, 1.807) is 0 Å². The predicted molar refractivity (Wildman–Crippen MR) is 104 cm³/mol. The van der Waals surface area contributed by atoms with Gasteiger partial charge in [-0.2, -0.15) is 0 Å². The van der Waals surface area contributed by atoms with Gasteiger partial charge in [0.2, 0.25) is 11.8 Å². The van der Waals surface area contributed by atoms with Crippen LogP contribution in [0, 0.1) is 5.41 Å². The lowest BCUT2D eigenvalue weighted by Gasteiger charge is -2.35. The van der Waals surface area contributed by atoms with Gasteiger partial charge in [0, 0.05) is 18.2 Å². The third-order valence-electron chi connectivity index (χ3n) is 5.74. The Kier molecular flexibility index (Phi) is 4.66. The van der Waals surface area contributed by atoms with E-state index in [0.717, 1.165) is 61.4 Å². The molecule has 4 rings (SSSR count). The number of hydrogen-bond donors (Lipinski definition) is 2. The van der Waals surface area contributed by atoms with Crippen LogP contribution in [0.5, 0.6) is 0 Å². The maximum atomic E-state index is 13.2. The standard InChI is InChI=1S/C22H26N2O2/c25-20(23-18-10-11-18)15-22(12-4-1-5-13-22)21(26)24-19-9-8-16-6-2-3-7-17(16)14-19/h2-3,6-9,14,18H,1,4-5,10-13,15H2,(H,23,25)(H,24,26). The third-order valence-corrected chi connectivity index (χ3v) is 5.74. The van der Waals surface area contributed by atoms with Crippen LogP contribution < -0.4 is 10.6 Å². The minimum atomic E-state index is -0.567. The fraction of sp³-hybridized carbons (Fsp3) is 0.455. The second-order valence-electron chi connectivity index (χ2n) is 7.88. The van der Waals surface area contributed by atoms with E-state index in [2.05, 4.69) is 16.7 Å². The molecule has 0 spiro atoms. The quantitative estimate of drug-likeness (QED) is 0.840. The molecule has 0 unspecified atom stereocenters. The maximum absolute atomic E-state index is 13.2. The Morgan fingerprint density at radius 3 is 2.42 bits per heavy atom. The number of carbonyl (C=O) groups excluding carboxylic acids is 2. The average Bonchev–Trinajstić information content (AvgIpc) is 3.46. The predicted octanol–water partition coefficient (Wildman–Crippen LogP) is 4.40. The first-order valence-corrected chi connectivity index (χ1v) is 9.74. The molecular weight excluding hydrogens is 324 g/mol. The summed E-state index contributed by atoms with van der Waals surface area (Å²) < 4.78 is 0. The Morgan fingerprint density at radius 1 is 0.962 bits per heavy atom. The van der Waals surface area contributed by atoms with Crippen molar-refractivity contribution in [2.45, 2.75) is 57.4 Å². The number of anilines is 1. The summed E-state index contributed by atoms with van der Waals surface area (Å²) in [6.07, 6.45) is 7.22. The van der Waals surface area contributed by atoms with Gasteiger partial charge in [-0.25, -0.2) is 0 Å². The van der Waals surface area contributed by atoms with E-state index in [-0.39, 0.29) is 11.8 Å². The SMILES string of the molecule is O=C(CC1(C(=O)Nc2ccc3ccccc3c2)CCCCC1)NC1CC1. The Labute approximate surface area is 154 Å². The zero-order valence-corrected chi connectivity index (χ0v) is 15.1. The van der Waals surface area contributed by atoms with Crippen LogP contribution in [-0.2, 0) is 9.59 Å². The average molecular weight is 350 g/mol. The highest BCUT2D eigenvalue weighted by atomic mass is 16.2. The number of amides is 2. The number of rotatable bonds is 5. The summed E-state index contributed by atoms with van der Waals surface area (Å²) in [6.45, 7) is 0. The molecule has 0 aromatic heterocycles. The normalized spacial score (nSPS) is 19.1. The summed E-state index contributed by atoms with van der Waals surface area (Å²) >= 11 is 0. The van der Waals surface area contributed by atoms with E-state index in [1.165, 1.54) is 0 Å². The topological polar surface area (TPSA) is 58.2 Å². The highest BCUT2D eigenvalue weighted by Gasteiger charge is 2.42. The Balaban J connectivity index is 1.51. The van der Waals surface area contributed by atoms with Crippen molar-refractivity contribution < 1.29 is 9.59 Å². The number of nitrogens with one attached hydrogen (secondary N) is 2. The van der Waals surface area contributed by atoms with Crippen LogP contribution in [0.1, 0.15) is 51.4 Å². The molecule has 2 aliphatic carbocycles. The number of carbonyl (C=O) groups is 2. The molecular formula is C22H26N2O2. The molecule has 0 aliphatic heterocycles. The Hall–Kier alpha value is -2.36. The summed E-state index contributed by atoms with van der Waals surface area (Å²) in [5.41, 5.74) is 0.240. The highest BCUT2D eigenvalue weighted by molar-refractivity contribution is 5.99. The van der Waals surface area contributed by atoms with Crippen molar-refractivity contribution in [2.24, 2.45) is 5.41 Å². The van der Waals surface area contributed by atoms with Crippen molar-refractivity contribution in [1.29, 1.82) is 0 Å². The van der Waals surface area contributed by atoms with Crippen LogP contribution in [0.2, 0.25) is 0 Å². The fourth-order valence-corrected chi connectivity index (χ4v) is 4.06. The van der Waals surface area contributed by atoms with Crippen LogP contribution in [0.4, 0.5) is 5.69 Å². The molecule has 26 heavy (non-hydrogen) atoms. The van der Waals surface area contributed by atoms with Crippen LogP contribution in [0.15, 0.2) is 42.5 Å². The molecule has 0 heterocycles. The third kappa shape index (κ3) is 3.74. The first-order chi connectivity index (χ1) is 12.6. The summed E-state index contributed by atoms with van der Waals surface area (Å²) in [6, 6.07) is 14.4. The van der Waals surface area contributed by atoms with Crippen molar-refractivity contribution in [3.63, 3.8) is 0 Å². The van der Waals surface area contributed by atoms with E-state index in [9.17, 15) is 9.59 Å². The lowest BCUT2D eigenvalue weighted by Crippen LogP contribution is -2.42. The van der Waals surface area contributed by atoms with Crippen LogP contribution >= 0.6 is 0 Å². The van der Waals surface area contributed by atoms with Gasteiger partial charge < -0.3 is 10.6 Å². The zero-order valence-electron chi connectivity index (χ0n) is 15.1. The van der Waals surface area contributed by atoms with Gasteiger partial charge in [0.05, 0.1) is 5.41 Å². The Bertz CT molecular complexity index is 820. The minimum absolute atomic E-state index is 0.00146. The molecule has 4 nitrogen and oxygen atoms in total.